The van der Waals surface area contributed by atoms with Gasteiger partial charge < -0.3 is 5.32 Å². The van der Waals surface area contributed by atoms with Crippen LogP contribution >= 0.6 is 0 Å². The second-order valence-corrected chi connectivity index (χ2v) is 4.12. The number of hydrogen-bond donors (Lipinski definition) is 1. The maximum absolute atomic E-state index is 4.43. The summed E-state index contributed by atoms with van der Waals surface area (Å²) < 4.78 is 1.85. The van der Waals surface area contributed by atoms with Gasteiger partial charge in [-0.2, -0.15) is 5.10 Å². The lowest BCUT2D eigenvalue weighted by Gasteiger charge is -2.21. The summed E-state index contributed by atoms with van der Waals surface area (Å²) in [6, 6.07) is 0. The number of hydrogen-bond acceptors (Lipinski definition) is 3. The molecule has 14 heavy (non-hydrogen) atoms. The minimum absolute atomic E-state index is 0.727. The van der Waals surface area contributed by atoms with E-state index in [0.29, 0.717) is 0 Å². The minimum Gasteiger partial charge on any atom is -0.316 e. The molecule has 0 saturated carbocycles. The minimum atomic E-state index is 0.727. The highest BCUT2D eigenvalue weighted by molar-refractivity contribution is 4.92. The normalized spacial score (nSPS) is 22.6. The number of aromatic nitrogens is 3. The van der Waals surface area contributed by atoms with E-state index < -0.39 is 0 Å². The zero-order valence-electron chi connectivity index (χ0n) is 8.95. The molecule has 1 fully saturated rings. The van der Waals surface area contributed by atoms with Crippen molar-refractivity contribution in [2.24, 2.45) is 13.0 Å². The zero-order chi connectivity index (χ0) is 9.97. The van der Waals surface area contributed by atoms with Crippen LogP contribution in [0.4, 0.5) is 0 Å². The summed E-state index contributed by atoms with van der Waals surface area (Å²) >= 11 is 0. The van der Waals surface area contributed by atoms with Crippen molar-refractivity contribution >= 4 is 0 Å². The predicted octanol–water partition coefficient (Wildman–Crippen LogP) is 0.666. The fourth-order valence-corrected chi connectivity index (χ4v) is 1.97. The van der Waals surface area contributed by atoms with E-state index in [0.717, 1.165) is 30.5 Å². The number of nitrogens with zero attached hydrogens (tertiary/aromatic N) is 3. The molecule has 0 bridgehead atoms. The van der Waals surface area contributed by atoms with E-state index in [4.69, 9.17) is 0 Å². The molecule has 0 amide bonds. The Balaban J connectivity index is 1.95. The highest BCUT2D eigenvalue weighted by Crippen LogP contribution is 2.14. The molecule has 4 heteroatoms. The third-order valence-corrected chi connectivity index (χ3v) is 2.89. The second kappa shape index (κ2) is 4.09. The van der Waals surface area contributed by atoms with Crippen LogP contribution in [0.2, 0.25) is 0 Å². The maximum Gasteiger partial charge on any atom is 0.151 e. The average Bonchev–Trinajstić information content (AvgIpc) is 2.47. The van der Waals surface area contributed by atoms with Crippen molar-refractivity contribution in [3.05, 3.63) is 11.6 Å². The van der Waals surface area contributed by atoms with Crippen molar-refractivity contribution in [3.8, 4) is 0 Å². The molecular weight excluding hydrogens is 176 g/mol. The lowest BCUT2D eigenvalue weighted by molar-refractivity contribution is 0.370. The number of aryl methyl sites for hydroxylation is 2. The molecule has 0 aliphatic carbocycles. The van der Waals surface area contributed by atoms with E-state index in [1.165, 1.54) is 19.4 Å². The molecule has 2 heterocycles. The first-order chi connectivity index (χ1) is 6.75. The van der Waals surface area contributed by atoms with E-state index >= 15 is 0 Å². The van der Waals surface area contributed by atoms with Gasteiger partial charge in [0.15, 0.2) is 5.82 Å². The lowest BCUT2D eigenvalue weighted by Crippen LogP contribution is -2.31. The quantitative estimate of drug-likeness (QED) is 0.752. The van der Waals surface area contributed by atoms with Crippen molar-refractivity contribution < 1.29 is 0 Å². The summed E-state index contributed by atoms with van der Waals surface area (Å²) in [7, 11) is 1.95. The van der Waals surface area contributed by atoms with Gasteiger partial charge in [-0.05, 0) is 38.8 Å². The van der Waals surface area contributed by atoms with Crippen LogP contribution in [0, 0.1) is 12.8 Å². The van der Waals surface area contributed by atoms with Gasteiger partial charge in [0.2, 0.25) is 0 Å². The van der Waals surface area contributed by atoms with Crippen LogP contribution in [-0.2, 0) is 13.5 Å². The van der Waals surface area contributed by atoms with Crippen LogP contribution in [0.3, 0.4) is 0 Å². The van der Waals surface area contributed by atoms with Crippen LogP contribution in [0.1, 0.15) is 24.5 Å². The topological polar surface area (TPSA) is 42.7 Å². The maximum atomic E-state index is 4.43. The van der Waals surface area contributed by atoms with Crippen molar-refractivity contribution in [2.75, 3.05) is 13.1 Å². The van der Waals surface area contributed by atoms with Gasteiger partial charge in [0, 0.05) is 13.5 Å². The van der Waals surface area contributed by atoms with Crippen LogP contribution < -0.4 is 5.32 Å². The van der Waals surface area contributed by atoms with E-state index in [1.807, 2.05) is 18.7 Å². The Bertz CT molecular complexity index is 280. The van der Waals surface area contributed by atoms with Gasteiger partial charge in [-0.25, -0.2) is 4.98 Å². The summed E-state index contributed by atoms with van der Waals surface area (Å²) in [5, 5.41) is 7.80. The molecule has 1 unspecified atom stereocenters. The molecule has 1 saturated heterocycles. The third kappa shape index (κ3) is 2.12. The van der Waals surface area contributed by atoms with Crippen LogP contribution in [0.25, 0.3) is 0 Å². The first-order valence-corrected chi connectivity index (χ1v) is 5.33. The molecular formula is C10H18N4. The summed E-state index contributed by atoms with van der Waals surface area (Å²) in [6.07, 6.45) is 3.62. The summed E-state index contributed by atoms with van der Waals surface area (Å²) in [6.45, 7) is 4.29. The Morgan fingerprint density at radius 1 is 1.57 bits per heavy atom. The van der Waals surface area contributed by atoms with Crippen molar-refractivity contribution in [3.63, 3.8) is 0 Å². The predicted molar refractivity (Wildman–Crippen MR) is 55.0 cm³/mol. The summed E-state index contributed by atoms with van der Waals surface area (Å²) in [4.78, 5) is 4.43. The molecule has 78 valence electrons. The molecule has 1 atom stereocenters. The van der Waals surface area contributed by atoms with Crippen molar-refractivity contribution in [2.45, 2.75) is 26.2 Å². The monoisotopic (exact) mass is 194 g/mol. The molecule has 0 aromatic carbocycles. The number of piperidine rings is 1. The molecule has 0 spiro atoms. The lowest BCUT2D eigenvalue weighted by atomic mass is 9.96. The molecule has 4 nitrogen and oxygen atoms in total. The highest BCUT2D eigenvalue weighted by Gasteiger charge is 2.15. The molecule has 1 aliphatic rings. The molecule has 1 aromatic rings. The summed E-state index contributed by atoms with van der Waals surface area (Å²) in [5.74, 6) is 2.73. The SMILES string of the molecule is Cc1nc(CC2CCCNC2)nn1C. The Labute approximate surface area is 84.7 Å². The number of rotatable bonds is 2. The fraction of sp³-hybridized carbons (Fsp3) is 0.800. The van der Waals surface area contributed by atoms with Gasteiger partial charge in [-0.3, -0.25) is 4.68 Å². The fourth-order valence-electron chi connectivity index (χ4n) is 1.97. The Morgan fingerprint density at radius 3 is 3.00 bits per heavy atom. The molecule has 1 aliphatic heterocycles. The Morgan fingerprint density at radius 2 is 2.43 bits per heavy atom. The second-order valence-electron chi connectivity index (χ2n) is 4.12. The van der Waals surface area contributed by atoms with Crippen LogP contribution in [0.15, 0.2) is 0 Å². The van der Waals surface area contributed by atoms with Crippen molar-refractivity contribution in [1.29, 1.82) is 0 Å². The smallest absolute Gasteiger partial charge is 0.151 e. The van der Waals surface area contributed by atoms with Crippen LogP contribution in [0.5, 0.6) is 0 Å². The van der Waals surface area contributed by atoms with E-state index in [2.05, 4.69) is 15.4 Å². The third-order valence-electron chi connectivity index (χ3n) is 2.89. The van der Waals surface area contributed by atoms with E-state index in [1.54, 1.807) is 0 Å². The average molecular weight is 194 g/mol. The van der Waals surface area contributed by atoms with Gasteiger partial charge >= 0.3 is 0 Å². The largest absolute Gasteiger partial charge is 0.316 e. The highest BCUT2D eigenvalue weighted by atomic mass is 15.3. The number of nitrogens with one attached hydrogen (secondary N) is 1. The van der Waals surface area contributed by atoms with Crippen LogP contribution in [-0.4, -0.2) is 27.9 Å². The van der Waals surface area contributed by atoms with Gasteiger partial charge in [0.25, 0.3) is 0 Å². The van der Waals surface area contributed by atoms with Gasteiger partial charge in [-0.15, -0.1) is 0 Å². The molecule has 0 radical (unpaired) electrons. The summed E-state index contributed by atoms with van der Waals surface area (Å²) in [5.41, 5.74) is 0. The Hall–Kier alpha value is -0.900. The van der Waals surface area contributed by atoms with E-state index in [9.17, 15) is 0 Å². The van der Waals surface area contributed by atoms with Crippen molar-refractivity contribution in [1.82, 2.24) is 20.1 Å². The van der Waals surface area contributed by atoms with Gasteiger partial charge in [0.05, 0.1) is 0 Å². The molecule has 1 N–H and O–H groups in total. The Kier molecular flexibility index (Phi) is 2.82. The molecule has 2 rings (SSSR count). The van der Waals surface area contributed by atoms with E-state index in [-0.39, 0.29) is 0 Å². The molecule has 1 aromatic heterocycles. The standard InChI is InChI=1S/C10H18N4/c1-8-12-10(13-14(8)2)6-9-4-3-5-11-7-9/h9,11H,3-7H2,1-2H3. The first-order valence-electron chi connectivity index (χ1n) is 5.33. The van der Waals surface area contributed by atoms with Gasteiger partial charge in [-0.1, -0.05) is 0 Å². The van der Waals surface area contributed by atoms with Gasteiger partial charge in [0.1, 0.15) is 5.82 Å². The first kappa shape index (κ1) is 9.65. The zero-order valence-corrected chi connectivity index (χ0v) is 8.95.